The van der Waals surface area contributed by atoms with Crippen molar-refractivity contribution in [3.8, 4) is 28.7 Å². The van der Waals surface area contributed by atoms with Gasteiger partial charge in [-0.1, -0.05) is 66.4 Å². The van der Waals surface area contributed by atoms with Crippen LogP contribution in [0.3, 0.4) is 0 Å². The molecular formula is C27H25NO3. The van der Waals surface area contributed by atoms with Gasteiger partial charge in [-0.2, -0.15) is 0 Å². The van der Waals surface area contributed by atoms with Gasteiger partial charge in [0, 0.05) is 24.4 Å². The fraction of sp³-hybridized carbons (Fsp3) is 0.222. The number of nitrogens with one attached hydrogen (secondary N) is 1. The van der Waals surface area contributed by atoms with Crippen molar-refractivity contribution >= 4 is 6.09 Å². The minimum atomic E-state index is -0.416. The monoisotopic (exact) mass is 411 g/mol. The summed E-state index contributed by atoms with van der Waals surface area (Å²) in [7, 11) is 1.64. The number of amides is 1. The summed E-state index contributed by atoms with van der Waals surface area (Å²) in [4.78, 5) is 12.2. The van der Waals surface area contributed by atoms with Crippen molar-refractivity contribution < 1.29 is 14.3 Å². The lowest BCUT2D eigenvalue weighted by Gasteiger charge is -2.14. The SMILES string of the molecule is COc1ccc(C)c(C#CCCNC(=O)OCC2c3ccccc3-c3ccccc32)c1. The molecule has 4 rings (SSSR count). The normalized spacial score (nSPS) is 11.7. The van der Waals surface area contributed by atoms with Crippen molar-refractivity contribution in [2.45, 2.75) is 19.3 Å². The summed E-state index contributed by atoms with van der Waals surface area (Å²) in [5, 5.41) is 2.79. The first-order chi connectivity index (χ1) is 15.2. The van der Waals surface area contributed by atoms with Gasteiger partial charge in [0.25, 0.3) is 0 Å². The Labute approximate surface area is 183 Å². The van der Waals surface area contributed by atoms with Gasteiger partial charge in [0.2, 0.25) is 0 Å². The average Bonchev–Trinajstić information content (AvgIpc) is 3.12. The van der Waals surface area contributed by atoms with Crippen LogP contribution in [-0.4, -0.2) is 26.4 Å². The van der Waals surface area contributed by atoms with Gasteiger partial charge in [-0.05, 0) is 46.9 Å². The van der Waals surface area contributed by atoms with Crippen molar-refractivity contribution in [3.63, 3.8) is 0 Å². The Bertz CT molecular complexity index is 1110. The second-order valence-electron chi connectivity index (χ2n) is 7.48. The Morgan fingerprint density at radius 1 is 1.00 bits per heavy atom. The fourth-order valence-electron chi connectivity index (χ4n) is 3.90. The lowest BCUT2D eigenvalue weighted by atomic mass is 9.98. The quantitative estimate of drug-likeness (QED) is 0.459. The molecule has 0 radical (unpaired) electrons. The summed E-state index contributed by atoms with van der Waals surface area (Å²) in [6, 6.07) is 22.4. The van der Waals surface area contributed by atoms with Crippen LogP contribution in [-0.2, 0) is 4.74 Å². The van der Waals surface area contributed by atoms with E-state index in [1.165, 1.54) is 22.3 Å². The molecule has 31 heavy (non-hydrogen) atoms. The van der Waals surface area contributed by atoms with E-state index in [2.05, 4.69) is 41.4 Å². The highest BCUT2D eigenvalue weighted by molar-refractivity contribution is 5.79. The predicted molar refractivity (Wildman–Crippen MR) is 122 cm³/mol. The van der Waals surface area contributed by atoms with Gasteiger partial charge in [-0.25, -0.2) is 4.79 Å². The molecule has 4 nitrogen and oxygen atoms in total. The van der Waals surface area contributed by atoms with Crippen molar-refractivity contribution in [2.24, 2.45) is 0 Å². The zero-order valence-corrected chi connectivity index (χ0v) is 17.8. The van der Waals surface area contributed by atoms with Gasteiger partial charge in [-0.15, -0.1) is 0 Å². The van der Waals surface area contributed by atoms with Gasteiger partial charge < -0.3 is 14.8 Å². The van der Waals surface area contributed by atoms with Crippen molar-refractivity contribution in [3.05, 3.63) is 89.0 Å². The second kappa shape index (κ2) is 9.40. The molecular weight excluding hydrogens is 386 g/mol. The zero-order chi connectivity index (χ0) is 21.6. The van der Waals surface area contributed by atoms with Crippen LogP contribution in [0.2, 0.25) is 0 Å². The molecule has 0 unspecified atom stereocenters. The number of methoxy groups -OCH3 is 1. The summed E-state index contributed by atoms with van der Waals surface area (Å²) in [6.07, 6.45) is 0.127. The van der Waals surface area contributed by atoms with E-state index in [1.807, 2.05) is 49.4 Å². The van der Waals surface area contributed by atoms with E-state index >= 15 is 0 Å². The predicted octanol–water partition coefficient (Wildman–Crippen LogP) is 5.28. The van der Waals surface area contributed by atoms with Crippen LogP contribution >= 0.6 is 0 Å². The summed E-state index contributed by atoms with van der Waals surface area (Å²) >= 11 is 0. The van der Waals surface area contributed by atoms with E-state index in [0.717, 1.165) is 16.9 Å². The van der Waals surface area contributed by atoms with Gasteiger partial charge >= 0.3 is 6.09 Å². The van der Waals surface area contributed by atoms with E-state index in [9.17, 15) is 4.79 Å². The van der Waals surface area contributed by atoms with Crippen LogP contribution in [0.5, 0.6) is 5.75 Å². The number of rotatable bonds is 5. The van der Waals surface area contributed by atoms with Crippen LogP contribution in [0.25, 0.3) is 11.1 Å². The van der Waals surface area contributed by atoms with E-state index in [-0.39, 0.29) is 5.92 Å². The molecule has 0 saturated heterocycles. The molecule has 0 aliphatic heterocycles. The Hall–Kier alpha value is -3.71. The largest absolute Gasteiger partial charge is 0.497 e. The van der Waals surface area contributed by atoms with Gasteiger partial charge in [0.1, 0.15) is 12.4 Å². The topological polar surface area (TPSA) is 47.6 Å². The molecule has 1 aliphatic rings. The van der Waals surface area contributed by atoms with Crippen LogP contribution in [0.1, 0.15) is 34.6 Å². The molecule has 0 spiro atoms. The first-order valence-electron chi connectivity index (χ1n) is 10.4. The summed E-state index contributed by atoms with van der Waals surface area (Å²) in [6.45, 7) is 2.76. The number of aryl methyl sites for hydroxylation is 1. The zero-order valence-electron chi connectivity index (χ0n) is 17.8. The highest BCUT2D eigenvalue weighted by Gasteiger charge is 2.28. The van der Waals surface area contributed by atoms with Gasteiger partial charge in [0.15, 0.2) is 0 Å². The maximum absolute atomic E-state index is 12.2. The van der Waals surface area contributed by atoms with E-state index < -0.39 is 6.09 Å². The minimum absolute atomic E-state index is 0.0639. The highest BCUT2D eigenvalue weighted by Crippen LogP contribution is 2.44. The maximum atomic E-state index is 12.2. The number of alkyl carbamates (subject to hydrolysis) is 1. The number of hydrogen-bond donors (Lipinski definition) is 1. The minimum Gasteiger partial charge on any atom is -0.497 e. The Balaban J connectivity index is 1.29. The average molecular weight is 412 g/mol. The molecule has 3 aromatic rings. The fourth-order valence-corrected chi connectivity index (χ4v) is 3.90. The molecule has 1 N–H and O–H groups in total. The molecule has 0 atom stereocenters. The third-order valence-corrected chi connectivity index (χ3v) is 5.53. The first-order valence-corrected chi connectivity index (χ1v) is 10.4. The standard InChI is InChI=1S/C27H25NO3/c1-19-14-15-21(30-2)17-20(19)9-7-8-16-28-27(29)31-18-26-24-12-5-3-10-22(24)23-11-4-6-13-25(23)26/h3-6,10-15,17,26H,8,16,18H2,1-2H3,(H,28,29). The highest BCUT2D eigenvalue weighted by atomic mass is 16.5. The molecule has 1 aliphatic carbocycles. The van der Waals surface area contributed by atoms with E-state index in [1.54, 1.807) is 7.11 Å². The van der Waals surface area contributed by atoms with Gasteiger partial charge in [0.05, 0.1) is 7.11 Å². The number of ether oxygens (including phenoxy) is 2. The van der Waals surface area contributed by atoms with Crippen LogP contribution in [0.15, 0.2) is 66.7 Å². The summed E-state index contributed by atoms with van der Waals surface area (Å²) in [5.74, 6) is 7.08. The lowest BCUT2D eigenvalue weighted by Crippen LogP contribution is -2.26. The van der Waals surface area contributed by atoms with Crippen molar-refractivity contribution in [1.29, 1.82) is 0 Å². The Morgan fingerprint density at radius 3 is 2.35 bits per heavy atom. The van der Waals surface area contributed by atoms with Crippen molar-refractivity contribution in [2.75, 3.05) is 20.3 Å². The molecule has 0 saturated carbocycles. The third-order valence-electron chi connectivity index (χ3n) is 5.53. The number of hydrogen-bond acceptors (Lipinski definition) is 3. The number of carbonyl (C=O) groups is 1. The van der Waals surface area contributed by atoms with Crippen molar-refractivity contribution in [1.82, 2.24) is 5.32 Å². The molecule has 3 aromatic carbocycles. The molecule has 0 heterocycles. The third kappa shape index (κ3) is 4.57. The molecule has 0 bridgehead atoms. The number of benzene rings is 3. The number of fused-ring (bicyclic) bond motifs is 3. The second-order valence-corrected chi connectivity index (χ2v) is 7.48. The maximum Gasteiger partial charge on any atom is 0.407 e. The molecule has 0 aromatic heterocycles. The van der Waals surface area contributed by atoms with Crippen LogP contribution in [0, 0.1) is 18.8 Å². The van der Waals surface area contributed by atoms with E-state index in [0.29, 0.717) is 19.6 Å². The Morgan fingerprint density at radius 2 is 1.68 bits per heavy atom. The molecule has 0 fully saturated rings. The lowest BCUT2D eigenvalue weighted by molar-refractivity contribution is 0.143. The van der Waals surface area contributed by atoms with Crippen LogP contribution < -0.4 is 10.1 Å². The van der Waals surface area contributed by atoms with E-state index in [4.69, 9.17) is 9.47 Å². The number of carbonyl (C=O) groups excluding carboxylic acids is 1. The molecule has 4 heteroatoms. The molecule has 156 valence electrons. The van der Waals surface area contributed by atoms with Crippen LogP contribution in [0.4, 0.5) is 4.79 Å². The van der Waals surface area contributed by atoms with Gasteiger partial charge in [-0.3, -0.25) is 0 Å². The summed E-state index contributed by atoms with van der Waals surface area (Å²) in [5.41, 5.74) is 6.87. The summed E-state index contributed by atoms with van der Waals surface area (Å²) < 4.78 is 10.8. The first kappa shape index (κ1) is 20.6. The Kier molecular flexibility index (Phi) is 6.24. The smallest absolute Gasteiger partial charge is 0.407 e. The molecule has 1 amide bonds.